The molecule has 0 radical (unpaired) electrons. The summed E-state index contributed by atoms with van der Waals surface area (Å²) in [4.78, 5) is 14.9. The number of rotatable bonds is 10. The molecular weight excluding hydrogens is 438 g/mol. The van der Waals surface area contributed by atoms with E-state index in [-0.39, 0.29) is 23.3 Å². The first-order valence-electron chi connectivity index (χ1n) is 10.1. The standard InChI is InChI=1S/C22H26ClN3O4S/c23-18-8-10-20(11-9-18)31(29,30)26-22(16-5-4-12-24-14-16)17-13-19(25-15-17)6-2-1-3-7-21(27)28/h2,4-6,8-12,14,17,19,22,25-26H,1,3,7,13,15H2,(H,27,28)/b6-2-/t17-,19-,22?/m1/s1. The van der Waals surface area contributed by atoms with Gasteiger partial charge < -0.3 is 10.4 Å². The topological polar surface area (TPSA) is 108 Å². The Kier molecular flexibility index (Phi) is 8.20. The van der Waals surface area contributed by atoms with Gasteiger partial charge >= 0.3 is 5.97 Å². The van der Waals surface area contributed by atoms with Crippen molar-refractivity contribution in [2.45, 2.75) is 42.7 Å². The molecule has 1 aliphatic heterocycles. The number of nitrogens with zero attached hydrogens (tertiary/aromatic N) is 1. The molecule has 1 aromatic carbocycles. The molecule has 31 heavy (non-hydrogen) atoms. The largest absolute Gasteiger partial charge is 0.481 e. The van der Waals surface area contributed by atoms with Crippen LogP contribution >= 0.6 is 11.6 Å². The molecule has 0 aliphatic carbocycles. The number of carbonyl (C=O) groups is 1. The van der Waals surface area contributed by atoms with Gasteiger partial charge in [0.15, 0.2) is 0 Å². The van der Waals surface area contributed by atoms with E-state index in [1.807, 2.05) is 18.2 Å². The second-order valence-electron chi connectivity index (χ2n) is 7.56. The number of nitrogens with one attached hydrogen (secondary N) is 2. The predicted molar refractivity (Wildman–Crippen MR) is 119 cm³/mol. The van der Waals surface area contributed by atoms with Crippen molar-refractivity contribution < 1.29 is 18.3 Å². The quantitative estimate of drug-likeness (QED) is 0.367. The molecule has 1 saturated heterocycles. The van der Waals surface area contributed by atoms with E-state index < -0.39 is 22.0 Å². The van der Waals surface area contributed by atoms with Gasteiger partial charge in [0.1, 0.15) is 0 Å². The minimum atomic E-state index is -3.75. The maximum atomic E-state index is 13.0. The number of carboxylic acids is 1. The van der Waals surface area contributed by atoms with Crippen LogP contribution in [0.25, 0.3) is 0 Å². The fraction of sp³-hybridized carbons (Fsp3) is 0.364. The highest BCUT2D eigenvalue weighted by Crippen LogP contribution is 2.31. The van der Waals surface area contributed by atoms with Crippen LogP contribution < -0.4 is 10.0 Å². The van der Waals surface area contributed by atoms with Crippen molar-refractivity contribution in [3.8, 4) is 0 Å². The first-order chi connectivity index (χ1) is 14.8. The molecule has 0 spiro atoms. The smallest absolute Gasteiger partial charge is 0.303 e. The van der Waals surface area contributed by atoms with E-state index >= 15 is 0 Å². The predicted octanol–water partition coefficient (Wildman–Crippen LogP) is 3.54. The highest BCUT2D eigenvalue weighted by atomic mass is 35.5. The Labute approximate surface area is 187 Å². The molecule has 0 bridgehead atoms. The number of pyridine rings is 1. The van der Waals surface area contributed by atoms with Crippen LogP contribution in [0.3, 0.4) is 0 Å². The van der Waals surface area contributed by atoms with Gasteiger partial charge in [0.05, 0.1) is 10.9 Å². The van der Waals surface area contributed by atoms with Crippen LogP contribution in [0.15, 0.2) is 65.8 Å². The summed E-state index contributed by atoms with van der Waals surface area (Å²) in [5.74, 6) is -0.764. The van der Waals surface area contributed by atoms with Crippen molar-refractivity contribution in [2.24, 2.45) is 5.92 Å². The molecule has 1 fully saturated rings. The Bertz CT molecular complexity index is 997. The van der Waals surface area contributed by atoms with Crippen molar-refractivity contribution in [1.29, 1.82) is 0 Å². The number of sulfonamides is 1. The molecule has 2 heterocycles. The van der Waals surface area contributed by atoms with Gasteiger partial charge in [-0.15, -0.1) is 0 Å². The Hall–Kier alpha value is -2.26. The van der Waals surface area contributed by atoms with Crippen LogP contribution in [0.1, 0.15) is 37.3 Å². The highest BCUT2D eigenvalue weighted by molar-refractivity contribution is 7.89. The lowest BCUT2D eigenvalue weighted by Crippen LogP contribution is -2.34. The fourth-order valence-corrected chi connectivity index (χ4v) is 5.09. The number of aromatic nitrogens is 1. The average molecular weight is 464 g/mol. The molecule has 1 aliphatic rings. The van der Waals surface area contributed by atoms with Gasteiger partial charge in [-0.1, -0.05) is 29.8 Å². The molecule has 1 unspecified atom stereocenters. The molecule has 2 aromatic rings. The molecule has 1 aromatic heterocycles. The Balaban J connectivity index is 1.71. The minimum absolute atomic E-state index is 0.0277. The Morgan fingerprint density at radius 3 is 2.77 bits per heavy atom. The van der Waals surface area contributed by atoms with Gasteiger partial charge in [-0.05, 0) is 61.1 Å². The van der Waals surface area contributed by atoms with Crippen molar-refractivity contribution >= 4 is 27.6 Å². The zero-order valence-corrected chi connectivity index (χ0v) is 18.5. The number of halogens is 1. The van der Waals surface area contributed by atoms with Gasteiger partial charge in [0.25, 0.3) is 0 Å². The van der Waals surface area contributed by atoms with E-state index in [1.165, 1.54) is 12.1 Å². The van der Waals surface area contributed by atoms with Crippen LogP contribution in [0.4, 0.5) is 0 Å². The van der Waals surface area contributed by atoms with Crippen LogP contribution in [0.2, 0.25) is 5.02 Å². The van der Waals surface area contributed by atoms with Crippen LogP contribution in [-0.2, 0) is 14.8 Å². The van der Waals surface area contributed by atoms with E-state index in [4.69, 9.17) is 16.7 Å². The van der Waals surface area contributed by atoms with Gasteiger partial charge in [0, 0.05) is 36.4 Å². The third kappa shape index (κ3) is 6.87. The maximum absolute atomic E-state index is 13.0. The third-order valence-corrected chi connectivity index (χ3v) is 6.96. The molecule has 9 heteroatoms. The molecule has 0 saturated carbocycles. The first kappa shape index (κ1) is 23.4. The lowest BCUT2D eigenvalue weighted by atomic mass is 9.92. The second-order valence-corrected chi connectivity index (χ2v) is 9.71. The highest BCUT2D eigenvalue weighted by Gasteiger charge is 2.33. The third-order valence-electron chi connectivity index (χ3n) is 5.25. The summed E-state index contributed by atoms with van der Waals surface area (Å²) < 4.78 is 28.9. The molecule has 3 N–H and O–H groups in total. The maximum Gasteiger partial charge on any atom is 0.303 e. The van der Waals surface area contributed by atoms with E-state index in [9.17, 15) is 13.2 Å². The Morgan fingerprint density at radius 2 is 2.10 bits per heavy atom. The molecule has 3 rings (SSSR count). The van der Waals surface area contributed by atoms with Crippen molar-refractivity contribution in [1.82, 2.24) is 15.0 Å². The van der Waals surface area contributed by atoms with Gasteiger partial charge in [-0.3, -0.25) is 9.78 Å². The number of carboxylic acid groups (broad SMARTS) is 1. The van der Waals surface area contributed by atoms with E-state index in [2.05, 4.69) is 15.0 Å². The zero-order valence-electron chi connectivity index (χ0n) is 16.9. The summed E-state index contributed by atoms with van der Waals surface area (Å²) in [6, 6.07) is 9.41. The Morgan fingerprint density at radius 1 is 1.32 bits per heavy atom. The summed E-state index contributed by atoms with van der Waals surface area (Å²) in [6.45, 7) is 0.646. The number of allylic oxidation sites excluding steroid dienone is 1. The monoisotopic (exact) mass is 463 g/mol. The SMILES string of the molecule is O=C(O)CCC/C=C\[C@@H]1C[C@@H](C(NS(=O)(=O)c2ccc(Cl)cc2)c2cccnc2)CN1. The van der Waals surface area contributed by atoms with E-state index in [0.717, 1.165) is 12.0 Å². The first-order valence-corrected chi connectivity index (χ1v) is 12.0. The van der Waals surface area contributed by atoms with Crippen molar-refractivity contribution in [3.05, 3.63) is 71.5 Å². The van der Waals surface area contributed by atoms with Gasteiger partial charge in [0.2, 0.25) is 10.0 Å². The summed E-state index contributed by atoms with van der Waals surface area (Å²) >= 11 is 5.89. The molecule has 166 valence electrons. The number of unbranched alkanes of at least 4 members (excludes halogenated alkanes) is 1. The van der Waals surface area contributed by atoms with E-state index in [1.54, 1.807) is 30.6 Å². The number of aliphatic carboxylic acids is 1. The normalized spacial score (nSPS) is 20.2. The minimum Gasteiger partial charge on any atom is -0.481 e. The summed E-state index contributed by atoms with van der Waals surface area (Å²) in [6.07, 6.45) is 9.56. The average Bonchev–Trinajstić information content (AvgIpc) is 3.21. The van der Waals surface area contributed by atoms with Gasteiger partial charge in [-0.2, -0.15) is 0 Å². The van der Waals surface area contributed by atoms with Crippen LogP contribution in [0.5, 0.6) is 0 Å². The lowest BCUT2D eigenvalue weighted by Gasteiger charge is -2.24. The van der Waals surface area contributed by atoms with Crippen molar-refractivity contribution in [2.75, 3.05) is 6.54 Å². The second kappa shape index (κ2) is 10.9. The lowest BCUT2D eigenvalue weighted by molar-refractivity contribution is -0.137. The number of hydrogen-bond acceptors (Lipinski definition) is 5. The van der Waals surface area contributed by atoms with Gasteiger partial charge in [-0.25, -0.2) is 13.1 Å². The summed E-state index contributed by atoms with van der Waals surface area (Å²) in [5.41, 5.74) is 0.804. The zero-order chi connectivity index (χ0) is 22.3. The summed E-state index contributed by atoms with van der Waals surface area (Å²) in [5, 5.41) is 12.6. The van der Waals surface area contributed by atoms with E-state index in [0.29, 0.717) is 24.4 Å². The fourth-order valence-electron chi connectivity index (χ4n) is 3.67. The molecule has 3 atom stereocenters. The van der Waals surface area contributed by atoms with Crippen LogP contribution in [-0.4, -0.2) is 37.1 Å². The molecular formula is C22H26ClN3O4S. The molecule has 7 nitrogen and oxygen atoms in total. The number of benzene rings is 1. The van der Waals surface area contributed by atoms with Crippen molar-refractivity contribution in [3.63, 3.8) is 0 Å². The van der Waals surface area contributed by atoms with Crippen LogP contribution in [0, 0.1) is 5.92 Å². The molecule has 0 amide bonds. The number of hydrogen-bond donors (Lipinski definition) is 3. The summed E-state index contributed by atoms with van der Waals surface area (Å²) in [7, 11) is -3.75.